The molecule has 0 radical (unpaired) electrons. The van der Waals surface area contributed by atoms with Crippen LogP contribution in [-0.2, 0) is 0 Å². The summed E-state index contributed by atoms with van der Waals surface area (Å²) in [7, 11) is 0. The van der Waals surface area contributed by atoms with E-state index in [1.54, 1.807) is 0 Å². The molecule has 0 amide bonds. The van der Waals surface area contributed by atoms with Crippen molar-refractivity contribution in [2.45, 2.75) is 0 Å². The van der Waals surface area contributed by atoms with E-state index >= 15 is 0 Å². The first kappa shape index (κ1) is 35.6. The van der Waals surface area contributed by atoms with E-state index in [9.17, 15) is 4.39 Å². The van der Waals surface area contributed by atoms with Crippen LogP contribution in [0, 0.1) is 5.82 Å². The van der Waals surface area contributed by atoms with Gasteiger partial charge in [-0.3, -0.25) is 0 Å². The summed E-state index contributed by atoms with van der Waals surface area (Å²) >= 11 is 0. The number of anilines is 3. The summed E-state index contributed by atoms with van der Waals surface area (Å²) in [6, 6.07) is 82.2. The van der Waals surface area contributed by atoms with Crippen molar-refractivity contribution in [2.24, 2.45) is 0 Å². The van der Waals surface area contributed by atoms with E-state index < -0.39 is 0 Å². The van der Waals surface area contributed by atoms with Gasteiger partial charge in [0, 0.05) is 33.5 Å². The molecule has 2 nitrogen and oxygen atoms in total. The molecule has 3 heteroatoms. The van der Waals surface area contributed by atoms with E-state index in [1.165, 1.54) is 40.0 Å². The molecule has 0 saturated heterocycles. The van der Waals surface area contributed by atoms with Gasteiger partial charge in [-0.25, -0.2) is 4.39 Å². The van der Waals surface area contributed by atoms with Crippen LogP contribution in [-0.4, -0.2) is 4.57 Å². The molecular weight excluding hydrogens is 720 g/mol. The van der Waals surface area contributed by atoms with Gasteiger partial charge in [0.15, 0.2) is 0 Å². The third-order valence-electron chi connectivity index (χ3n) is 11.1. The molecule has 0 aliphatic rings. The van der Waals surface area contributed by atoms with Gasteiger partial charge in [0.2, 0.25) is 0 Å². The van der Waals surface area contributed by atoms with Crippen LogP contribution in [0.3, 0.4) is 0 Å². The minimum atomic E-state index is -0.253. The average molecular weight is 759 g/mol. The molecule has 1 aromatic heterocycles. The van der Waals surface area contributed by atoms with E-state index in [4.69, 9.17) is 0 Å². The highest BCUT2D eigenvalue weighted by Crippen LogP contribution is 2.42. The average Bonchev–Trinajstić information content (AvgIpc) is 3.63. The lowest BCUT2D eigenvalue weighted by molar-refractivity contribution is 0.627. The van der Waals surface area contributed by atoms with Crippen LogP contribution >= 0.6 is 0 Å². The Bertz CT molecular complexity index is 3020. The van der Waals surface area contributed by atoms with Gasteiger partial charge in [0.25, 0.3) is 0 Å². The summed E-state index contributed by atoms with van der Waals surface area (Å²) in [5.41, 5.74) is 15.4. The number of hydrogen-bond donors (Lipinski definition) is 0. The molecule has 9 aromatic carbocycles. The lowest BCUT2D eigenvalue weighted by Gasteiger charge is -2.26. The summed E-state index contributed by atoms with van der Waals surface area (Å²) in [5, 5.41) is 2.29. The van der Waals surface area contributed by atoms with E-state index in [-0.39, 0.29) is 5.82 Å². The van der Waals surface area contributed by atoms with Crippen molar-refractivity contribution in [1.82, 2.24) is 4.57 Å². The Labute approximate surface area is 344 Å². The van der Waals surface area contributed by atoms with Crippen LogP contribution in [0.5, 0.6) is 0 Å². The highest BCUT2D eigenvalue weighted by Gasteiger charge is 2.19. The second-order valence-corrected chi connectivity index (χ2v) is 14.7. The number of hydrogen-bond acceptors (Lipinski definition) is 1. The number of benzene rings is 9. The largest absolute Gasteiger partial charge is 0.310 e. The lowest BCUT2D eigenvalue weighted by atomic mass is 9.85. The van der Waals surface area contributed by atoms with Crippen molar-refractivity contribution in [3.63, 3.8) is 0 Å². The van der Waals surface area contributed by atoms with Crippen molar-refractivity contribution in [3.05, 3.63) is 265 Å². The molecule has 59 heavy (non-hydrogen) atoms. The van der Waals surface area contributed by atoms with E-state index in [1.807, 2.05) is 12.1 Å². The van der Waals surface area contributed by atoms with Gasteiger partial charge in [-0.05, 0) is 111 Å². The second-order valence-electron chi connectivity index (χ2n) is 14.7. The molecule has 0 unspecified atom stereocenters. The Hall–Kier alpha value is -7.75. The molecule has 0 saturated carbocycles. The summed E-state index contributed by atoms with van der Waals surface area (Å²) in [6.07, 6.45) is 0. The topological polar surface area (TPSA) is 8.17 Å². The lowest BCUT2D eigenvalue weighted by Crippen LogP contribution is -2.10. The Kier molecular flexibility index (Phi) is 9.46. The number of para-hydroxylation sites is 2. The number of aromatic nitrogens is 1. The van der Waals surface area contributed by atoms with Gasteiger partial charge in [0.05, 0.1) is 11.0 Å². The summed E-state index contributed by atoms with van der Waals surface area (Å²) in [4.78, 5) is 2.31. The molecule has 0 bridgehead atoms. The number of fused-ring (bicyclic) bond motifs is 3. The SMILES string of the molecule is Fc1ccc(-n2c3ccccc3c3ccc(N(c4ccccc4)c4cccc(-c5ccc(C(=C(c6ccccc6)c6ccccc6)c6ccccc6)cc5)c4)cc32)cc1. The third-order valence-corrected chi connectivity index (χ3v) is 11.1. The molecular formula is C56H39FN2. The van der Waals surface area contributed by atoms with Crippen LogP contribution < -0.4 is 4.90 Å². The van der Waals surface area contributed by atoms with Crippen molar-refractivity contribution in [1.29, 1.82) is 0 Å². The monoisotopic (exact) mass is 758 g/mol. The zero-order valence-electron chi connectivity index (χ0n) is 32.3. The van der Waals surface area contributed by atoms with Crippen molar-refractivity contribution in [3.8, 4) is 16.8 Å². The fourth-order valence-electron chi connectivity index (χ4n) is 8.37. The zero-order chi connectivity index (χ0) is 39.5. The Morgan fingerprint density at radius 2 is 0.831 bits per heavy atom. The van der Waals surface area contributed by atoms with Gasteiger partial charge in [-0.1, -0.05) is 170 Å². The number of halogens is 1. The quantitative estimate of drug-likeness (QED) is 0.133. The minimum absolute atomic E-state index is 0.253. The fraction of sp³-hybridized carbons (Fsp3) is 0. The maximum absolute atomic E-state index is 14.1. The Morgan fingerprint density at radius 1 is 0.339 bits per heavy atom. The summed E-state index contributed by atoms with van der Waals surface area (Å²) < 4.78 is 16.4. The van der Waals surface area contributed by atoms with E-state index in [0.29, 0.717) is 0 Å². The number of rotatable bonds is 9. The normalized spacial score (nSPS) is 11.1. The van der Waals surface area contributed by atoms with Gasteiger partial charge < -0.3 is 9.47 Å². The maximum atomic E-state index is 14.1. The third kappa shape index (κ3) is 6.90. The molecule has 0 spiro atoms. The molecule has 1 heterocycles. The minimum Gasteiger partial charge on any atom is -0.310 e. The van der Waals surface area contributed by atoms with Crippen molar-refractivity contribution < 1.29 is 4.39 Å². The smallest absolute Gasteiger partial charge is 0.123 e. The first-order chi connectivity index (χ1) is 29.2. The fourth-order valence-corrected chi connectivity index (χ4v) is 8.37. The van der Waals surface area contributed by atoms with E-state index in [2.05, 4.69) is 222 Å². The molecule has 0 atom stereocenters. The molecule has 280 valence electrons. The Morgan fingerprint density at radius 3 is 1.44 bits per heavy atom. The molecule has 10 rings (SSSR count). The highest BCUT2D eigenvalue weighted by molar-refractivity contribution is 6.10. The zero-order valence-corrected chi connectivity index (χ0v) is 32.3. The summed E-state index contributed by atoms with van der Waals surface area (Å²) in [6.45, 7) is 0. The molecule has 10 aromatic rings. The van der Waals surface area contributed by atoms with E-state index in [0.717, 1.165) is 61.2 Å². The van der Waals surface area contributed by atoms with Gasteiger partial charge >= 0.3 is 0 Å². The van der Waals surface area contributed by atoms with Crippen LogP contribution in [0.1, 0.15) is 22.3 Å². The van der Waals surface area contributed by atoms with Crippen LogP contribution in [0.4, 0.5) is 21.5 Å². The van der Waals surface area contributed by atoms with Gasteiger partial charge in [0.1, 0.15) is 5.82 Å². The highest BCUT2D eigenvalue weighted by atomic mass is 19.1. The van der Waals surface area contributed by atoms with Crippen LogP contribution in [0.15, 0.2) is 237 Å². The maximum Gasteiger partial charge on any atom is 0.123 e. The first-order valence-corrected chi connectivity index (χ1v) is 20.0. The molecule has 0 fully saturated rings. The summed E-state index contributed by atoms with van der Waals surface area (Å²) in [5.74, 6) is -0.253. The standard InChI is InChI=1S/C56H39FN2/c57-46-32-34-48(35-33-46)59-53-27-14-13-26-51(53)52-37-36-50(39-54(52)59)58(47-23-11-4-12-24-47)49-25-15-22-45(38-49)40-28-30-44(31-29-40)56(43-20-9-3-10-21-43)55(41-16-5-1-6-17-41)42-18-7-2-8-19-42/h1-39H. The second kappa shape index (κ2) is 15.7. The van der Waals surface area contributed by atoms with Crippen LogP contribution in [0.2, 0.25) is 0 Å². The molecule has 0 N–H and O–H groups in total. The van der Waals surface area contributed by atoms with Crippen LogP contribution in [0.25, 0.3) is 49.8 Å². The molecule has 0 aliphatic heterocycles. The number of nitrogens with zero attached hydrogens (tertiary/aromatic N) is 2. The van der Waals surface area contributed by atoms with Gasteiger partial charge in [-0.15, -0.1) is 0 Å². The predicted molar refractivity (Wildman–Crippen MR) is 245 cm³/mol. The Balaban J connectivity index is 1.09. The van der Waals surface area contributed by atoms with Crippen molar-refractivity contribution >= 4 is 50.0 Å². The van der Waals surface area contributed by atoms with Gasteiger partial charge in [-0.2, -0.15) is 0 Å². The first-order valence-electron chi connectivity index (χ1n) is 20.0. The van der Waals surface area contributed by atoms with Crippen molar-refractivity contribution in [2.75, 3.05) is 4.90 Å². The molecule has 0 aliphatic carbocycles. The predicted octanol–water partition coefficient (Wildman–Crippen LogP) is 15.1.